The Labute approximate surface area is 218 Å². The van der Waals surface area contributed by atoms with Crippen molar-refractivity contribution in [3.05, 3.63) is 58.5 Å². The molecule has 5 rings (SSSR count). The van der Waals surface area contributed by atoms with E-state index < -0.39 is 12.1 Å². The lowest BCUT2D eigenvalue weighted by atomic mass is 9.86. The summed E-state index contributed by atoms with van der Waals surface area (Å²) in [6.07, 6.45) is 5.71. The smallest absolute Gasteiger partial charge is 0.240 e. The molecule has 3 heterocycles. The van der Waals surface area contributed by atoms with E-state index in [2.05, 4.69) is 54.8 Å². The SMILES string of the molecule is CCc1nn2c(C)cc(C)nc2c1Cc1ccc(OCC2CCC(NC(=O)C3NCCC3O)CC2)cc1. The van der Waals surface area contributed by atoms with Crippen molar-refractivity contribution < 1.29 is 14.6 Å². The third-order valence-corrected chi connectivity index (χ3v) is 7.86. The van der Waals surface area contributed by atoms with Crippen molar-refractivity contribution in [1.82, 2.24) is 25.2 Å². The Hall–Kier alpha value is -2.97. The molecule has 2 fully saturated rings. The third kappa shape index (κ3) is 5.80. The summed E-state index contributed by atoms with van der Waals surface area (Å²) in [6, 6.07) is 10.2. The van der Waals surface area contributed by atoms with Crippen LogP contribution in [-0.2, 0) is 17.6 Å². The molecule has 0 bridgehead atoms. The van der Waals surface area contributed by atoms with Crippen molar-refractivity contribution in [2.45, 2.75) is 83.9 Å². The third-order valence-electron chi connectivity index (χ3n) is 7.86. The van der Waals surface area contributed by atoms with Gasteiger partial charge in [-0.05, 0) is 88.6 Å². The summed E-state index contributed by atoms with van der Waals surface area (Å²) in [4.78, 5) is 17.2. The molecule has 1 saturated heterocycles. The molecule has 3 aromatic rings. The van der Waals surface area contributed by atoms with E-state index in [1.165, 1.54) is 11.1 Å². The highest BCUT2D eigenvalue weighted by atomic mass is 16.5. The van der Waals surface area contributed by atoms with Crippen LogP contribution in [0.25, 0.3) is 5.65 Å². The van der Waals surface area contributed by atoms with Crippen LogP contribution in [0.1, 0.15) is 67.2 Å². The maximum atomic E-state index is 12.4. The van der Waals surface area contributed by atoms with Gasteiger partial charge in [-0.25, -0.2) is 9.50 Å². The topological polar surface area (TPSA) is 101 Å². The molecule has 2 atom stereocenters. The molecular formula is C29H39N5O3. The van der Waals surface area contributed by atoms with E-state index in [0.717, 1.165) is 67.0 Å². The van der Waals surface area contributed by atoms with Crippen LogP contribution in [0.15, 0.2) is 30.3 Å². The number of benzene rings is 1. The zero-order chi connectivity index (χ0) is 25.9. The molecule has 0 radical (unpaired) electrons. The number of aliphatic hydroxyl groups is 1. The number of hydrogen-bond donors (Lipinski definition) is 3. The second kappa shape index (κ2) is 11.2. The average Bonchev–Trinajstić information content (AvgIpc) is 3.48. The summed E-state index contributed by atoms with van der Waals surface area (Å²) in [7, 11) is 0. The molecule has 1 aliphatic carbocycles. The average molecular weight is 506 g/mol. The van der Waals surface area contributed by atoms with E-state index in [1.54, 1.807) is 0 Å². The zero-order valence-corrected chi connectivity index (χ0v) is 22.2. The van der Waals surface area contributed by atoms with Gasteiger partial charge in [0.05, 0.1) is 18.4 Å². The molecule has 3 N–H and O–H groups in total. The minimum atomic E-state index is -0.575. The monoisotopic (exact) mass is 505 g/mol. The number of hydrogen-bond acceptors (Lipinski definition) is 6. The number of carbonyl (C=O) groups is 1. The predicted molar refractivity (Wildman–Crippen MR) is 143 cm³/mol. The van der Waals surface area contributed by atoms with Gasteiger partial charge in [0.25, 0.3) is 0 Å². The number of nitrogens with zero attached hydrogens (tertiary/aromatic N) is 3. The Bertz CT molecular complexity index is 1230. The molecular weight excluding hydrogens is 466 g/mol. The second-order valence-electron chi connectivity index (χ2n) is 10.7. The van der Waals surface area contributed by atoms with Gasteiger partial charge in [0.1, 0.15) is 11.8 Å². The molecule has 8 nitrogen and oxygen atoms in total. The molecule has 198 valence electrons. The molecule has 1 saturated carbocycles. The lowest BCUT2D eigenvalue weighted by Crippen LogP contribution is -2.50. The van der Waals surface area contributed by atoms with Crippen molar-refractivity contribution in [2.75, 3.05) is 13.2 Å². The molecule has 8 heteroatoms. The zero-order valence-electron chi connectivity index (χ0n) is 22.2. The van der Waals surface area contributed by atoms with E-state index in [4.69, 9.17) is 14.8 Å². The van der Waals surface area contributed by atoms with E-state index in [1.807, 2.05) is 11.4 Å². The highest BCUT2D eigenvalue weighted by molar-refractivity contribution is 5.83. The summed E-state index contributed by atoms with van der Waals surface area (Å²) in [6.45, 7) is 7.64. The van der Waals surface area contributed by atoms with Crippen molar-refractivity contribution in [3.8, 4) is 5.75 Å². The summed E-state index contributed by atoms with van der Waals surface area (Å²) < 4.78 is 8.10. The highest BCUT2D eigenvalue weighted by Crippen LogP contribution is 2.27. The molecule has 2 aliphatic rings. The van der Waals surface area contributed by atoms with E-state index in [9.17, 15) is 9.90 Å². The van der Waals surface area contributed by atoms with Gasteiger partial charge in [0.2, 0.25) is 5.91 Å². The van der Waals surface area contributed by atoms with Crippen LogP contribution >= 0.6 is 0 Å². The molecule has 2 aromatic heterocycles. The lowest BCUT2D eigenvalue weighted by molar-refractivity contribution is -0.125. The van der Waals surface area contributed by atoms with Crippen LogP contribution < -0.4 is 15.4 Å². The first-order chi connectivity index (χ1) is 17.9. The fourth-order valence-corrected chi connectivity index (χ4v) is 5.72. The van der Waals surface area contributed by atoms with Gasteiger partial charge < -0.3 is 20.5 Å². The maximum absolute atomic E-state index is 12.4. The van der Waals surface area contributed by atoms with E-state index in [0.29, 0.717) is 25.5 Å². The minimum Gasteiger partial charge on any atom is -0.493 e. The van der Waals surface area contributed by atoms with Crippen LogP contribution in [0.3, 0.4) is 0 Å². The lowest BCUT2D eigenvalue weighted by Gasteiger charge is -2.30. The summed E-state index contributed by atoms with van der Waals surface area (Å²) in [5.74, 6) is 1.31. The number of amides is 1. The quantitative estimate of drug-likeness (QED) is 0.434. The number of rotatable bonds is 8. The van der Waals surface area contributed by atoms with Crippen molar-refractivity contribution in [3.63, 3.8) is 0 Å². The van der Waals surface area contributed by atoms with Crippen LogP contribution in [0.4, 0.5) is 0 Å². The highest BCUT2D eigenvalue weighted by Gasteiger charge is 2.33. The Morgan fingerprint density at radius 3 is 2.59 bits per heavy atom. The van der Waals surface area contributed by atoms with Gasteiger partial charge >= 0.3 is 0 Å². The van der Waals surface area contributed by atoms with Crippen LogP contribution in [-0.4, -0.2) is 57.0 Å². The Morgan fingerprint density at radius 1 is 1.16 bits per heavy atom. The van der Waals surface area contributed by atoms with Crippen molar-refractivity contribution in [2.24, 2.45) is 5.92 Å². The summed E-state index contributed by atoms with van der Waals surface area (Å²) in [5, 5.41) is 20.9. The van der Waals surface area contributed by atoms with Gasteiger partial charge in [-0.3, -0.25) is 4.79 Å². The van der Waals surface area contributed by atoms with Crippen LogP contribution in [0.2, 0.25) is 0 Å². The number of fused-ring (bicyclic) bond motifs is 1. The number of carbonyl (C=O) groups excluding carboxylic acids is 1. The Balaban J connectivity index is 1.12. The minimum absolute atomic E-state index is 0.0685. The van der Waals surface area contributed by atoms with Gasteiger partial charge in [-0.2, -0.15) is 5.10 Å². The second-order valence-corrected chi connectivity index (χ2v) is 10.7. The largest absolute Gasteiger partial charge is 0.493 e. The Morgan fingerprint density at radius 2 is 1.92 bits per heavy atom. The van der Waals surface area contributed by atoms with Gasteiger partial charge in [0, 0.05) is 29.4 Å². The first kappa shape index (κ1) is 25.7. The van der Waals surface area contributed by atoms with Gasteiger partial charge in [-0.1, -0.05) is 19.1 Å². The first-order valence-electron chi connectivity index (χ1n) is 13.7. The summed E-state index contributed by atoms with van der Waals surface area (Å²) in [5.41, 5.74) is 6.59. The van der Waals surface area contributed by atoms with E-state index in [-0.39, 0.29) is 11.9 Å². The fraction of sp³-hybridized carbons (Fsp3) is 0.552. The Kier molecular flexibility index (Phi) is 7.76. The normalized spacial score (nSPS) is 23.9. The first-order valence-corrected chi connectivity index (χ1v) is 13.7. The maximum Gasteiger partial charge on any atom is 0.240 e. The fourth-order valence-electron chi connectivity index (χ4n) is 5.72. The molecule has 0 spiro atoms. The molecule has 1 amide bonds. The van der Waals surface area contributed by atoms with Crippen LogP contribution in [0, 0.1) is 19.8 Å². The van der Waals surface area contributed by atoms with Crippen LogP contribution in [0.5, 0.6) is 5.75 Å². The number of nitrogens with one attached hydrogen (secondary N) is 2. The van der Waals surface area contributed by atoms with Gasteiger partial charge in [0.15, 0.2) is 5.65 Å². The standard InChI is InChI=1S/C29H39N5O3/c1-4-25-24(28-31-18(2)15-19(3)34(28)33-25)16-20-7-11-23(12-8-20)37-17-21-5-9-22(10-6-21)32-29(36)27-26(35)13-14-30-27/h7-8,11-12,15,21-22,26-27,30,35H,4-6,9-10,13-14,16-17H2,1-3H3,(H,32,36). The van der Waals surface area contributed by atoms with Gasteiger partial charge in [-0.15, -0.1) is 0 Å². The molecule has 1 aromatic carbocycles. The number of ether oxygens (including phenoxy) is 1. The molecule has 2 unspecified atom stereocenters. The molecule has 1 aliphatic heterocycles. The number of aromatic nitrogens is 3. The van der Waals surface area contributed by atoms with Crippen molar-refractivity contribution in [1.29, 1.82) is 0 Å². The van der Waals surface area contributed by atoms with Crippen molar-refractivity contribution >= 4 is 11.6 Å². The summed E-state index contributed by atoms with van der Waals surface area (Å²) >= 11 is 0. The predicted octanol–water partition coefficient (Wildman–Crippen LogP) is 3.28. The number of aliphatic hydroxyl groups excluding tert-OH is 1. The molecule has 37 heavy (non-hydrogen) atoms. The van der Waals surface area contributed by atoms with E-state index >= 15 is 0 Å². The number of aryl methyl sites for hydroxylation is 3.